The second-order valence-corrected chi connectivity index (χ2v) is 7.18. The summed E-state index contributed by atoms with van der Waals surface area (Å²) in [7, 11) is 0. The molecule has 5 heteroatoms. The van der Waals surface area contributed by atoms with E-state index in [1.807, 2.05) is 36.5 Å². The normalized spacial score (nSPS) is 14.6. The smallest absolute Gasteiger partial charge is 0.252 e. The summed E-state index contributed by atoms with van der Waals surface area (Å²) >= 11 is 0. The molecule has 1 N–H and O–H groups in total. The molecule has 1 aromatic rings. The first-order valence-corrected chi connectivity index (χ1v) is 7.85. The Balaban J connectivity index is 1.63. The van der Waals surface area contributed by atoms with Gasteiger partial charge in [0.05, 0.1) is 23.0 Å². The van der Waals surface area contributed by atoms with Gasteiger partial charge < -0.3 is 5.32 Å². The lowest BCUT2D eigenvalue weighted by Gasteiger charge is -2.31. The highest BCUT2D eigenvalue weighted by molar-refractivity contribution is 6.02. The van der Waals surface area contributed by atoms with E-state index >= 15 is 0 Å². The number of rotatable bonds is 3. The zero-order chi connectivity index (χ0) is 16.2. The number of fused-ring (bicyclic) bond motifs is 3. The summed E-state index contributed by atoms with van der Waals surface area (Å²) in [4.78, 5) is 17.3. The molecule has 0 spiro atoms. The maximum absolute atomic E-state index is 12.8. The van der Waals surface area contributed by atoms with Crippen molar-refractivity contribution in [1.82, 2.24) is 19.7 Å². The third-order valence-electron chi connectivity index (χ3n) is 4.40. The minimum absolute atomic E-state index is 0.0446. The molecule has 0 saturated carbocycles. The molecule has 1 atom stereocenters. The van der Waals surface area contributed by atoms with E-state index in [1.54, 1.807) is 6.20 Å². The number of nitrogens with one attached hydrogen (secondary N) is 1. The van der Waals surface area contributed by atoms with Gasteiger partial charge in [0, 0.05) is 18.0 Å². The van der Waals surface area contributed by atoms with Crippen LogP contribution in [-0.4, -0.2) is 20.3 Å². The first-order valence-electron chi connectivity index (χ1n) is 7.85. The van der Waals surface area contributed by atoms with Gasteiger partial charge in [0.25, 0.3) is 5.91 Å². The Hall–Kier alpha value is -2.56. The number of hydrogen-bond acceptors (Lipinski definition) is 2. The number of amides is 1. The molecule has 4 rings (SSSR count). The minimum atomic E-state index is -0.140. The molecule has 1 aromatic heterocycles. The van der Waals surface area contributed by atoms with E-state index in [0.717, 1.165) is 29.2 Å². The van der Waals surface area contributed by atoms with Crippen LogP contribution >= 0.6 is 0 Å². The second kappa shape index (κ2) is 4.72. The number of aromatic nitrogens is 3. The summed E-state index contributed by atoms with van der Waals surface area (Å²) in [6.07, 6.45) is 3.80. The first kappa shape index (κ1) is 14.1. The fraction of sp³-hybridized carbons (Fsp3) is 0.333. The highest BCUT2D eigenvalue weighted by Crippen LogP contribution is 2.36. The van der Waals surface area contributed by atoms with Crippen molar-refractivity contribution < 1.29 is 4.79 Å². The largest absolute Gasteiger partial charge is 0.343 e. The lowest BCUT2D eigenvalue weighted by molar-refractivity contribution is 0.0900. The van der Waals surface area contributed by atoms with Crippen LogP contribution in [0.4, 0.5) is 0 Å². The van der Waals surface area contributed by atoms with Crippen LogP contribution in [0.1, 0.15) is 42.9 Å². The Kier molecular flexibility index (Phi) is 2.88. The maximum atomic E-state index is 12.8. The third kappa shape index (κ3) is 2.32. The summed E-state index contributed by atoms with van der Waals surface area (Å²) in [6, 6.07) is 9.59. The van der Waals surface area contributed by atoms with Gasteiger partial charge in [0.15, 0.2) is 0 Å². The average Bonchev–Trinajstić information content (AvgIpc) is 2.99. The van der Waals surface area contributed by atoms with Gasteiger partial charge in [-0.25, -0.2) is 0 Å². The fourth-order valence-corrected chi connectivity index (χ4v) is 3.11. The number of pyridine rings is 1. The van der Waals surface area contributed by atoms with Crippen LogP contribution in [0.25, 0.3) is 11.3 Å². The van der Waals surface area contributed by atoms with Crippen LogP contribution in [0.3, 0.4) is 0 Å². The van der Waals surface area contributed by atoms with E-state index in [4.69, 9.17) is 0 Å². The molecule has 0 fully saturated rings. The zero-order valence-electron chi connectivity index (χ0n) is 13.6. The Bertz CT molecular complexity index is 838. The van der Waals surface area contributed by atoms with Crippen LogP contribution in [0.15, 0.2) is 42.7 Å². The SMILES string of the molecule is CC(C)(C)[C@@H](NC(=O)c1ccc2n3n(cc1-2)C3)c1ccccn1. The van der Waals surface area contributed by atoms with Crippen molar-refractivity contribution in [2.75, 3.05) is 0 Å². The fourth-order valence-electron chi connectivity index (χ4n) is 3.11. The Labute approximate surface area is 135 Å². The van der Waals surface area contributed by atoms with Gasteiger partial charge in [-0.2, -0.15) is 0 Å². The van der Waals surface area contributed by atoms with E-state index in [-0.39, 0.29) is 17.4 Å². The molecule has 3 heterocycles. The van der Waals surface area contributed by atoms with Crippen LogP contribution in [0.2, 0.25) is 0 Å². The van der Waals surface area contributed by atoms with Crippen LogP contribution in [-0.2, 0) is 6.67 Å². The quantitative estimate of drug-likeness (QED) is 0.632. The highest BCUT2D eigenvalue weighted by Gasteiger charge is 2.32. The number of hydrogen-bond donors (Lipinski definition) is 1. The third-order valence-corrected chi connectivity index (χ3v) is 4.40. The molecule has 23 heavy (non-hydrogen) atoms. The summed E-state index contributed by atoms with van der Waals surface area (Å²) < 4.78 is 4.24. The second-order valence-electron chi connectivity index (χ2n) is 7.18. The highest BCUT2D eigenvalue weighted by atomic mass is 16.1. The Morgan fingerprint density at radius 1 is 1.26 bits per heavy atom. The topological polar surface area (TPSA) is 51.9 Å². The van der Waals surface area contributed by atoms with Crippen molar-refractivity contribution in [1.29, 1.82) is 0 Å². The Morgan fingerprint density at radius 2 is 2.09 bits per heavy atom. The zero-order valence-corrected chi connectivity index (χ0v) is 13.6. The van der Waals surface area contributed by atoms with Crippen molar-refractivity contribution in [3.8, 4) is 11.3 Å². The van der Waals surface area contributed by atoms with Crippen molar-refractivity contribution in [2.24, 2.45) is 5.41 Å². The maximum Gasteiger partial charge on any atom is 0.252 e. The van der Waals surface area contributed by atoms with Crippen molar-refractivity contribution >= 4 is 5.91 Å². The predicted octanol–water partition coefficient (Wildman–Crippen LogP) is 3.13. The minimum Gasteiger partial charge on any atom is -0.343 e. The van der Waals surface area contributed by atoms with Crippen LogP contribution in [0, 0.1) is 5.41 Å². The first-order chi connectivity index (χ1) is 10.9. The monoisotopic (exact) mass is 308 g/mol. The number of carbonyl (C=O) groups is 1. The standard InChI is InChI=1S/C18H20N4O/c1-18(2,3)16(14-6-4-5-9-19-14)20-17(23)12-7-8-15-13(12)10-21-11-22(15)21/h4-10,16H,11H2,1-3H3,(H,20,23)/t16-,21?,22?/m0/s1. The summed E-state index contributed by atoms with van der Waals surface area (Å²) in [6.45, 7) is 7.26. The van der Waals surface area contributed by atoms with E-state index in [9.17, 15) is 4.79 Å². The lowest BCUT2D eigenvalue weighted by Crippen LogP contribution is -2.37. The van der Waals surface area contributed by atoms with Gasteiger partial charge >= 0.3 is 0 Å². The van der Waals surface area contributed by atoms with Crippen LogP contribution < -0.4 is 5.32 Å². The van der Waals surface area contributed by atoms with Gasteiger partial charge in [-0.1, -0.05) is 26.8 Å². The van der Waals surface area contributed by atoms with Gasteiger partial charge in [0.1, 0.15) is 6.67 Å². The van der Waals surface area contributed by atoms with Gasteiger partial charge in [0.2, 0.25) is 0 Å². The van der Waals surface area contributed by atoms with Gasteiger partial charge in [-0.05, 0) is 29.7 Å². The van der Waals surface area contributed by atoms with E-state index in [1.165, 1.54) is 0 Å². The number of carbonyl (C=O) groups excluding carboxylic acids is 1. The van der Waals surface area contributed by atoms with E-state index in [0.29, 0.717) is 0 Å². The molecule has 3 aliphatic rings. The number of nitrogens with zero attached hydrogens (tertiary/aromatic N) is 3. The molecule has 1 aliphatic carbocycles. The molecule has 5 nitrogen and oxygen atoms in total. The van der Waals surface area contributed by atoms with Crippen LogP contribution in [0.5, 0.6) is 0 Å². The molecule has 0 saturated heterocycles. The predicted molar refractivity (Wildman–Crippen MR) is 88.3 cm³/mol. The van der Waals surface area contributed by atoms with E-state index < -0.39 is 0 Å². The molecule has 0 aromatic carbocycles. The molecule has 1 amide bonds. The average molecular weight is 308 g/mol. The van der Waals surface area contributed by atoms with Crippen molar-refractivity contribution in [3.63, 3.8) is 0 Å². The van der Waals surface area contributed by atoms with Crippen molar-refractivity contribution in [3.05, 3.63) is 54.0 Å². The summed E-state index contributed by atoms with van der Waals surface area (Å²) in [5.74, 6) is -0.0446. The molecular weight excluding hydrogens is 288 g/mol. The molecule has 0 bridgehead atoms. The van der Waals surface area contributed by atoms with Crippen molar-refractivity contribution in [2.45, 2.75) is 33.5 Å². The molecule has 0 unspecified atom stereocenters. The summed E-state index contributed by atoms with van der Waals surface area (Å²) in [5, 5.41) is 3.18. The lowest BCUT2D eigenvalue weighted by atomic mass is 9.84. The molecule has 2 aliphatic heterocycles. The molecular formula is C18H20N4O. The van der Waals surface area contributed by atoms with E-state index in [2.05, 4.69) is 40.4 Å². The van der Waals surface area contributed by atoms with Gasteiger partial charge in [-0.3, -0.25) is 19.1 Å². The Morgan fingerprint density at radius 3 is 2.78 bits per heavy atom. The molecule has 0 radical (unpaired) electrons. The molecule has 118 valence electrons. The summed E-state index contributed by atoms with van der Waals surface area (Å²) in [5.41, 5.74) is 3.63. The van der Waals surface area contributed by atoms with Gasteiger partial charge in [-0.15, -0.1) is 0 Å².